The van der Waals surface area contributed by atoms with E-state index in [0.29, 0.717) is 18.4 Å². The van der Waals surface area contributed by atoms with Gasteiger partial charge in [0.05, 0.1) is 11.4 Å². The maximum Gasteiger partial charge on any atom is 0.359 e. The number of esters is 1. The molecule has 1 fully saturated rings. The van der Waals surface area contributed by atoms with Crippen LogP contribution in [0.3, 0.4) is 0 Å². The third-order valence-electron chi connectivity index (χ3n) is 6.10. The van der Waals surface area contributed by atoms with Crippen molar-refractivity contribution in [1.29, 1.82) is 0 Å². The first-order valence-electron chi connectivity index (χ1n) is 11.6. The van der Waals surface area contributed by atoms with Crippen molar-refractivity contribution in [3.63, 3.8) is 0 Å². The highest BCUT2D eigenvalue weighted by molar-refractivity contribution is 5.92. The third-order valence-corrected chi connectivity index (χ3v) is 6.10. The van der Waals surface area contributed by atoms with E-state index in [-0.39, 0.29) is 11.8 Å². The Balaban J connectivity index is 2.54. The summed E-state index contributed by atoms with van der Waals surface area (Å²) in [5.41, 5.74) is 2.33. The Labute approximate surface area is 204 Å². The van der Waals surface area contributed by atoms with Crippen LogP contribution in [-0.2, 0) is 4.74 Å². The normalized spacial score (nSPS) is 19.6. The van der Waals surface area contributed by atoms with Crippen molar-refractivity contribution >= 4 is 17.2 Å². The van der Waals surface area contributed by atoms with Gasteiger partial charge in [-0.2, -0.15) is 10.2 Å². The molecule has 0 aromatic carbocycles. The molecular formula is C28H39N3O3. The molecule has 1 aliphatic heterocycles. The Hall–Kier alpha value is -2.96. The second-order valence-electron chi connectivity index (χ2n) is 9.77. The molecule has 0 spiro atoms. The van der Waals surface area contributed by atoms with Crippen LogP contribution in [0.4, 0.5) is 0 Å². The molecule has 2 rings (SSSR count). The molecule has 0 amide bonds. The summed E-state index contributed by atoms with van der Waals surface area (Å²) < 4.78 is 7.71. The van der Waals surface area contributed by atoms with Crippen LogP contribution in [0.2, 0.25) is 0 Å². The first kappa shape index (κ1) is 27.3. The average Bonchev–Trinajstić information content (AvgIpc) is 3.10. The lowest BCUT2D eigenvalue weighted by molar-refractivity contribution is -0.256. The Kier molecular flexibility index (Phi) is 8.81. The summed E-state index contributed by atoms with van der Waals surface area (Å²) in [6.07, 6.45) is 15.6. The van der Waals surface area contributed by atoms with E-state index in [0.717, 1.165) is 17.0 Å². The Morgan fingerprint density at radius 2 is 1.76 bits per heavy atom. The number of allylic oxidation sites excluding steroid dienone is 10. The predicted octanol–water partition coefficient (Wildman–Crippen LogP) is 6.51. The standard InChI is InChI=1S/C28H39N3O3/c1-10-14-16-21(12-3)25-20(5)24(29-30(25)22(13-4)17-15-11-2)26(32)34-23-18-27(6,7)31(33)28(8,9)19-23/h10-17,23,33H,2-3,18-19H2,1,4-9H3/b14-10-,17-15-,21-16+,22-13+. The summed E-state index contributed by atoms with van der Waals surface area (Å²) in [4.78, 5) is 13.4. The second-order valence-corrected chi connectivity index (χ2v) is 9.77. The molecule has 34 heavy (non-hydrogen) atoms. The lowest BCUT2D eigenvalue weighted by atomic mass is 9.80. The van der Waals surface area contributed by atoms with E-state index in [9.17, 15) is 10.0 Å². The molecule has 6 heteroatoms. The Morgan fingerprint density at radius 1 is 1.15 bits per heavy atom. The van der Waals surface area contributed by atoms with Crippen LogP contribution in [0.15, 0.2) is 61.8 Å². The number of carbonyl (C=O) groups is 1. The molecule has 0 radical (unpaired) electrons. The summed E-state index contributed by atoms with van der Waals surface area (Å²) in [5, 5.41) is 16.6. The van der Waals surface area contributed by atoms with Crippen molar-refractivity contribution in [3.05, 3.63) is 78.7 Å². The number of hydrogen-bond donors (Lipinski definition) is 1. The lowest BCUT2D eigenvalue weighted by Gasteiger charge is -2.50. The summed E-state index contributed by atoms with van der Waals surface area (Å²) in [6, 6.07) is 0. The summed E-state index contributed by atoms with van der Waals surface area (Å²) in [5.74, 6) is -0.474. The molecular weight excluding hydrogens is 426 g/mol. The molecule has 1 N–H and O–H groups in total. The topological polar surface area (TPSA) is 67.6 Å². The fourth-order valence-corrected chi connectivity index (χ4v) is 4.58. The molecule has 1 aromatic heterocycles. The highest BCUT2D eigenvalue weighted by atomic mass is 16.5. The van der Waals surface area contributed by atoms with Gasteiger partial charge < -0.3 is 9.94 Å². The number of hydroxylamine groups is 2. The van der Waals surface area contributed by atoms with Crippen molar-refractivity contribution in [2.75, 3.05) is 0 Å². The van der Waals surface area contributed by atoms with Crippen LogP contribution in [0.25, 0.3) is 11.3 Å². The minimum absolute atomic E-state index is 0.261. The minimum Gasteiger partial charge on any atom is -0.457 e. The zero-order valence-electron chi connectivity index (χ0n) is 21.6. The predicted molar refractivity (Wildman–Crippen MR) is 139 cm³/mol. The number of rotatable bonds is 8. The van der Waals surface area contributed by atoms with Gasteiger partial charge in [-0.3, -0.25) is 0 Å². The van der Waals surface area contributed by atoms with Gasteiger partial charge >= 0.3 is 5.97 Å². The molecule has 0 atom stereocenters. The molecule has 1 aromatic rings. The van der Waals surface area contributed by atoms with E-state index in [1.54, 1.807) is 16.8 Å². The molecule has 0 aliphatic carbocycles. The summed E-state index contributed by atoms with van der Waals surface area (Å²) in [6.45, 7) is 21.2. The number of ether oxygens (including phenoxy) is 1. The van der Waals surface area contributed by atoms with Gasteiger partial charge in [0.25, 0.3) is 0 Å². The average molecular weight is 466 g/mol. The van der Waals surface area contributed by atoms with Gasteiger partial charge in [0, 0.05) is 29.5 Å². The molecule has 1 aliphatic rings. The number of nitrogens with zero attached hydrogens (tertiary/aromatic N) is 3. The van der Waals surface area contributed by atoms with Crippen molar-refractivity contribution in [3.8, 4) is 0 Å². The maximum absolute atomic E-state index is 13.4. The van der Waals surface area contributed by atoms with Crippen LogP contribution < -0.4 is 0 Å². The van der Waals surface area contributed by atoms with Crippen molar-refractivity contribution in [2.45, 2.75) is 78.5 Å². The van der Waals surface area contributed by atoms with Gasteiger partial charge in [0.2, 0.25) is 0 Å². The maximum atomic E-state index is 13.4. The van der Waals surface area contributed by atoms with Gasteiger partial charge in [0.15, 0.2) is 5.69 Å². The summed E-state index contributed by atoms with van der Waals surface area (Å²) in [7, 11) is 0. The van der Waals surface area contributed by atoms with Crippen LogP contribution in [0.5, 0.6) is 0 Å². The van der Waals surface area contributed by atoms with Gasteiger partial charge in [-0.15, -0.1) is 0 Å². The third kappa shape index (κ3) is 5.75. The molecule has 184 valence electrons. The van der Waals surface area contributed by atoms with Crippen LogP contribution >= 0.6 is 0 Å². The van der Waals surface area contributed by atoms with Gasteiger partial charge in [-0.25, -0.2) is 9.48 Å². The van der Waals surface area contributed by atoms with E-state index >= 15 is 0 Å². The van der Waals surface area contributed by atoms with E-state index in [2.05, 4.69) is 18.3 Å². The quantitative estimate of drug-likeness (QED) is 0.350. The van der Waals surface area contributed by atoms with Crippen LogP contribution in [0.1, 0.15) is 76.1 Å². The van der Waals surface area contributed by atoms with Crippen molar-refractivity contribution < 1.29 is 14.7 Å². The molecule has 0 bridgehead atoms. The highest BCUT2D eigenvalue weighted by Gasteiger charge is 2.46. The lowest BCUT2D eigenvalue weighted by Crippen LogP contribution is -2.60. The SMILES string of the molecule is C=C/C=C\C(=C/C)n1nc(C(=O)OC2CC(C)(C)N(O)C(C)(C)C2)c(C)c1/C(C=C)=C/C=C\C. The molecule has 0 saturated carbocycles. The van der Waals surface area contributed by atoms with E-state index in [1.807, 2.05) is 84.9 Å². The van der Waals surface area contributed by atoms with E-state index in [4.69, 9.17) is 4.74 Å². The molecule has 0 unspecified atom stereocenters. The number of hydrogen-bond acceptors (Lipinski definition) is 5. The highest BCUT2D eigenvalue weighted by Crippen LogP contribution is 2.38. The summed E-state index contributed by atoms with van der Waals surface area (Å²) >= 11 is 0. The smallest absolute Gasteiger partial charge is 0.359 e. The first-order chi connectivity index (χ1) is 15.9. The zero-order chi connectivity index (χ0) is 25.7. The van der Waals surface area contributed by atoms with Crippen LogP contribution in [0, 0.1) is 6.92 Å². The van der Waals surface area contributed by atoms with Crippen molar-refractivity contribution in [1.82, 2.24) is 14.8 Å². The second kappa shape index (κ2) is 11.0. The fourth-order valence-electron chi connectivity index (χ4n) is 4.58. The van der Waals surface area contributed by atoms with Crippen LogP contribution in [-0.4, -0.2) is 43.2 Å². The fraction of sp³-hybridized carbons (Fsp3) is 0.429. The molecule has 1 saturated heterocycles. The molecule has 6 nitrogen and oxygen atoms in total. The minimum atomic E-state index is -0.523. The number of aromatic nitrogens is 2. The van der Waals surface area contributed by atoms with Gasteiger partial charge in [-0.05, 0) is 60.1 Å². The monoisotopic (exact) mass is 465 g/mol. The zero-order valence-corrected chi connectivity index (χ0v) is 21.6. The number of carbonyl (C=O) groups excluding carboxylic acids is 1. The largest absolute Gasteiger partial charge is 0.457 e. The first-order valence-corrected chi connectivity index (χ1v) is 11.6. The van der Waals surface area contributed by atoms with E-state index in [1.165, 1.54) is 5.06 Å². The molecule has 2 heterocycles. The van der Waals surface area contributed by atoms with E-state index < -0.39 is 17.0 Å². The van der Waals surface area contributed by atoms with Gasteiger partial charge in [0.1, 0.15) is 6.10 Å². The Morgan fingerprint density at radius 3 is 2.26 bits per heavy atom. The van der Waals surface area contributed by atoms with Gasteiger partial charge in [-0.1, -0.05) is 55.7 Å². The Bertz CT molecular complexity index is 1030. The van der Waals surface area contributed by atoms with Crippen molar-refractivity contribution in [2.24, 2.45) is 0 Å². The number of piperidine rings is 1.